The van der Waals surface area contributed by atoms with Gasteiger partial charge in [-0.2, -0.15) is 10.2 Å². The number of aryl methyl sites for hydroxylation is 3. The van der Waals surface area contributed by atoms with Gasteiger partial charge < -0.3 is 5.32 Å². The Balaban J connectivity index is 1.76. The third kappa shape index (κ3) is 2.50. The van der Waals surface area contributed by atoms with E-state index in [-0.39, 0.29) is 11.9 Å². The van der Waals surface area contributed by atoms with Gasteiger partial charge in [-0.25, -0.2) is 9.67 Å². The molecular formula is C18H22N6O. The van der Waals surface area contributed by atoms with Crippen LogP contribution < -0.4 is 5.32 Å². The lowest BCUT2D eigenvalue weighted by atomic mass is 10.1. The van der Waals surface area contributed by atoms with Gasteiger partial charge in [-0.05, 0) is 46.1 Å². The van der Waals surface area contributed by atoms with Crippen molar-refractivity contribution in [3.8, 4) is 0 Å². The smallest absolute Gasteiger partial charge is 0.257 e. The largest absolute Gasteiger partial charge is 0.307 e. The topological polar surface area (TPSA) is 77.6 Å². The van der Waals surface area contributed by atoms with Gasteiger partial charge in [0.15, 0.2) is 5.65 Å². The summed E-state index contributed by atoms with van der Waals surface area (Å²) >= 11 is 0. The predicted octanol–water partition coefficient (Wildman–Crippen LogP) is 2.80. The van der Waals surface area contributed by atoms with E-state index < -0.39 is 0 Å². The van der Waals surface area contributed by atoms with Crippen molar-refractivity contribution in [2.75, 3.05) is 5.32 Å². The number of fused-ring (bicyclic) bond motifs is 2. The fourth-order valence-electron chi connectivity index (χ4n) is 3.56. The van der Waals surface area contributed by atoms with E-state index in [4.69, 9.17) is 0 Å². The summed E-state index contributed by atoms with van der Waals surface area (Å²) in [5.74, 6) is 0.660. The highest BCUT2D eigenvalue weighted by Gasteiger charge is 2.24. The maximum Gasteiger partial charge on any atom is 0.257 e. The lowest BCUT2D eigenvalue weighted by molar-refractivity contribution is 0.102. The van der Waals surface area contributed by atoms with E-state index in [1.54, 1.807) is 10.9 Å². The summed E-state index contributed by atoms with van der Waals surface area (Å²) in [6.45, 7) is 6.00. The second-order valence-electron chi connectivity index (χ2n) is 6.94. The predicted molar refractivity (Wildman–Crippen MR) is 95.8 cm³/mol. The molecule has 1 aliphatic carbocycles. The number of nitrogens with zero attached hydrogens (tertiary/aromatic N) is 5. The minimum atomic E-state index is -0.142. The molecule has 0 saturated heterocycles. The summed E-state index contributed by atoms with van der Waals surface area (Å²) in [7, 11) is 1.87. The minimum absolute atomic E-state index is 0.142. The highest BCUT2D eigenvalue weighted by molar-refractivity contribution is 6.12. The number of aromatic nitrogens is 5. The maximum atomic E-state index is 13.0. The Morgan fingerprint density at radius 1 is 1.32 bits per heavy atom. The van der Waals surface area contributed by atoms with Crippen LogP contribution in [0.2, 0.25) is 0 Å². The molecule has 130 valence electrons. The third-order valence-electron chi connectivity index (χ3n) is 4.73. The molecule has 0 aliphatic heterocycles. The van der Waals surface area contributed by atoms with Crippen LogP contribution in [0.5, 0.6) is 0 Å². The minimum Gasteiger partial charge on any atom is -0.307 e. The lowest BCUT2D eigenvalue weighted by Crippen LogP contribution is -2.16. The Labute approximate surface area is 146 Å². The van der Waals surface area contributed by atoms with Crippen LogP contribution in [-0.4, -0.2) is 30.5 Å². The van der Waals surface area contributed by atoms with Crippen molar-refractivity contribution in [1.29, 1.82) is 0 Å². The van der Waals surface area contributed by atoms with Crippen LogP contribution in [0.1, 0.15) is 53.6 Å². The third-order valence-corrected chi connectivity index (χ3v) is 4.73. The van der Waals surface area contributed by atoms with E-state index in [0.29, 0.717) is 5.56 Å². The van der Waals surface area contributed by atoms with E-state index in [0.717, 1.165) is 53.1 Å². The van der Waals surface area contributed by atoms with E-state index >= 15 is 0 Å². The second kappa shape index (κ2) is 5.68. The number of hydrogen-bond acceptors (Lipinski definition) is 4. The van der Waals surface area contributed by atoms with Crippen LogP contribution in [0.15, 0.2) is 12.3 Å². The molecule has 0 fully saturated rings. The van der Waals surface area contributed by atoms with Crippen molar-refractivity contribution in [1.82, 2.24) is 24.5 Å². The first kappa shape index (κ1) is 15.8. The second-order valence-corrected chi connectivity index (χ2v) is 6.94. The summed E-state index contributed by atoms with van der Waals surface area (Å²) < 4.78 is 3.62. The van der Waals surface area contributed by atoms with E-state index in [1.165, 1.54) is 0 Å². The number of anilines is 1. The van der Waals surface area contributed by atoms with Crippen LogP contribution in [-0.2, 0) is 19.9 Å². The van der Waals surface area contributed by atoms with Gasteiger partial charge >= 0.3 is 0 Å². The standard InChI is InChI=1S/C18H22N6O/c1-10(2)24-17-14(9-19-24)13(8-11(3)20-17)18(25)21-16-12-6-5-7-15(12)22-23(16)4/h8-10H,5-7H2,1-4H3,(H,21,25). The van der Waals surface area contributed by atoms with Crippen LogP contribution in [0.4, 0.5) is 5.82 Å². The molecule has 3 aromatic heterocycles. The molecule has 0 spiro atoms. The SMILES string of the molecule is Cc1cc(C(=O)Nc2c3c(nn2C)CCC3)c2cnn(C(C)C)c2n1. The number of nitrogens with one attached hydrogen (secondary N) is 1. The monoisotopic (exact) mass is 338 g/mol. The highest BCUT2D eigenvalue weighted by atomic mass is 16.1. The molecule has 1 amide bonds. The van der Waals surface area contributed by atoms with Crippen LogP contribution in [0, 0.1) is 6.92 Å². The maximum absolute atomic E-state index is 13.0. The van der Waals surface area contributed by atoms with Gasteiger partial charge in [-0.3, -0.25) is 9.48 Å². The molecule has 0 aromatic carbocycles. The summed E-state index contributed by atoms with van der Waals surface area (Å²) in [4.78, 5) is 17.6. The number of carbonyl (C=O) groups is 1. The Bertz CT molecular complexity index is 981. The summed E-state index contributed by atoms with van der Waals surface area (Å²) in [5, 5.41) is 12.8. The molecule has 7 nitrogen and oxygen atoms in total. The van der Waals surface area contributed by atoms with E-state index in [2.05, 4.69) is 34.3 Å². The molecule has 0 saturated carbocycles. The van der Waals surface area contributed by atoms with Gasteiger partial charge in [-0.1, -0.05) is 0 Å². The fraction of sp³-hybridized carbons (Fsp3) is 0.444. The van der Waals surface area contributed by atoms with Crippen molar-refractivity contribution in [3.63, 3.8) is 0 Å². The average molecular weight is 338 g/mol. The Morgan fingerprint density at radius 2 is 2.12 bits per heavy atom. The van der Waals surface area contributed by atoms with Gasteiger partial charge in [0.1, 0.15) is 5.82 Å². The van der Waals surface area contributed by atoms with Crippen molar-refractivity contribution >= 4 is 22.8 Å². The first-order valence-electron chi connectivity index (χ1n) is 8.66. The zero-order chi connectivity index (χ0) is 17.7. The molecule has 3 aromatic rings. The average Bonchev–Trinajstić information content (AvgIpc) is 3.23. The van der Waals surface area contributed by atoms with Crippen molar-refractivity contribution < 1.29 is 4.79 Å². The van der Waals surface area contributed by atoms with Gasteiger partial charge in [0.05, 0.1) is 22.8 Å². The molecular weight excluding hydrogens is 316 g/mol. The molecule has 0 radical (unpaired) electrons. The Morgan fingerprint density at radius 3 is 2.88 bits per heavy atom. The lowest BCUT2D eigenvalue weighted by Gasteiger charge is -2.10. The van der Waals surface area contributed by atoms with Gasteiger partial charge in [0, 0.05) is 24.3 Å². The van der Waals surface area contributed by atoms with Gasteiger partial charge in [0.2, 0.25) is 0 Å². The molecule has 1 N–H and O–H groups in total. The first-order chi connectivity index (χ1) is 12.0. The summed E-state index contributed by atoms with van der Waals surface area (Å²) in [6.07, 6.45) is 4.78. The number of hydrogen-bond donors (Lipinski definition) is 1. The zero-order valence-corrected chi connectivity index (χ0v) is 15.0. The summed E-state index contributed by atoms with van der Waals surface area (Å²) in [5.41, 5.74) is 4.41. The van der Waals surface area contributed by atoms with Gasteiger partial charge in [0.25, 0.3) is 5.91 Å². The molecule has 1 aliphatic rings. The molecule has 0 bridgehead atoms. The Hall–Kier alpha value is -2.70. The normalized spacial score (nSPS) is 13.6. The molecule has 0 unspecified atom stereocenters. The van der Waals surface area contributed by atoms with Gasteiger partial charge in [-0.15, -0.1) is 0 Å². The zero-order valence-electron chi connectivity index (χ0n) is 15.0. The number of carbonyl (C=O) groups excluding carboxylic acids is 1. The van der Waals surface area contributed by atoms with E-state index in [1.807, 2.05) is 24.7 Å². The number of pyridine rings is 1. The summed E-state index contributed by atoms with van der Waals surface area (Å²) in [6, 6.07) is 2.00. The molecule has 0 atom stereocenters. The molecule has 7 heteroatoms. The van der Waals surface area contributed by atoms with Crippen LogP contribution in [0.25, 0.3) is 11.0 Å². The fourth-order valence-corrected chi connectivity index (χ4v) is 3.56. The van der Waals surface area contributed by atoms with Crippen molar-refractivity contribution in [2.45, 2.75) is 46.1 Å². The molecule has 4 rings (SSSR count). The van der Waals surface area contributed by atoms with Crippen molar-refractivity contribution in [2.24, 2.45) is 7.05 Å². The van der Waals surface area contributed by atoms with Crippen LogP contribution in [0.3, 0.4) is 0 Å². The van der Waals surface area contributed by atoms with E-state index in [9.17, 15) is 4.79 Å². The molecule has 25 heavy (non-hydrogen) atoms. The Kier molecular flexibility index (Phi) is 3.59. The first-order valence-corrected chi connectivity index (χ1v) is 8.66. The number of amides is 1. The number of rotatable bonds is 3. The van der Waals surface area contributed by atoms with Crippen molar-refractivity contribution in [3.05, 3.63) is 34.8 Å². The van der Waals surface area contributed by atoms with Crippen LogP contribution >= 0.6 is 0 Å². The highest BCUT2D eigenvalue weighted by Crippen LogP contribution is 2.29. The molecule has 3 heterocycles. The quantitative estimate of drug-likeness (QED) is 0.796.